The Morgan fingerprint density at radius 2 is 1.45 bits per heavy atom. The molecule has 1 N–H and O–H groups in total. The minimum atomic E-state index is -0.815. The molecule has 0 aliphatic heterocycles. The fourth-order valence-corrected chi connectivity index (χ4v) is 4.51. The largest absolute Gasteiger partial charge is 0.496 e. The first-order valence-electron chi connectivity index (χ1n) is 12.6. The van der Waals surface area contributed by atoms with Gasteiger partial charge < -0.3 is 15.0 Å². The van der Waals surface area contributed by atoms with Crippen LogP contribution in [0.15, 0.2) is 109 Å². The number of carbonyl (C=O) groups is 2. The monoisotopic (exact) mass is 526 g/mol. The summed E-state index contributed by atoms with van der Waals surface area (Å²) in [5, 5.41) is 3.66. The van der Waals surface area contributed by atoms with Crippen LogP contribution in [0.1, 0.15) is 34.7 Å². The molecule has 0 saturated carbocycles. The molecular formula is C32H31ClN2O3. The van der Waals surface area contributed by atoms with E-state index in [2.05, 4.69) is 5.32 Å². The number of rotatable bonds is 11. The van der Waals surface area contributed by atoms with E-state index in [4.69, 9.17) is 16.3 Å². The van der Waals surface area contributed by atoms with E-state index in [0.29, 0.717) is 17.2 Å². The van der Waals surface area contributed by atoms with Crippen LogP contribution in [0.25, 0.3) is 0 Å². The topological polar surface area (TPSA) is 58.6 Å². The Hall–Kier alpha value is -4.09. The summed E-state index contributed by atoms with van der Waals surface area (Å²) in [6.45, 7) is 0.547. The predicted octanol–water partition coefficient (Wildman–Crippen LogP) is 6.37. The average Bonchev–Trinajstić information content (AvgIpc) is 2.96. The summed E-state index contributed by atoms with van der Waals surface area (Å²) in [5.41, 5.74) is 3.56. The van der Waals surface area contributed by atoms with Crippen molar-refractivity contribution in [3.8, 4) is 5.75 Å². The summed E-state index contributed by atoms with van der Waals surface area (Å²) in [4.78, 5) is 29.3. The van der Waals surface area contributed by atoms with Gasteiger partial charge in [-0.2, -0.15) is 0 Å². The van der Waals surface area contributed by atoms with Gasteiger partial charge in [0.25, 0.3) is 0 Å². The maximum atomic E-state index is 13.8. The number of nitrogens with one attached hydrogen (secondary N) is 1. The number of benzene rings is 4. The van der Waals surface area contributed by atoms with Gasteiger partial charge in [0.1, 0.15) is 11.8 Å². The molecule has 0 heterocycles. The molecule has 5 nitrogen and oxygen atoms in total. The first kappa shape index (κ1) is 27.0. The van der Waals surface area contributed by atoms with E-state index in [0.717, 1.165) is 22.3 Å². The number of hydrogen-bond acceptors (Lipinski definition) is 3. The Kier molecular flexibility index (Phi) is 9.54. The van der Waals surface area contributed by atoms with Crippen LogP contribution in [-0.2, 0) is 29.1 Å². The molecule has 194 valence electrons. The lowest BCUT2D eigenvalue weighted by molar-refractivity contribution is -0.141. The molecule has 2 amide bonds. The van der Waals surface area contributed by atoms with Crippen molar-refractivity contribution in [3.63, 3.8) is 0 Å². The highest BCUT2D eigenvalue weighted by molar-refractivity contribution is 6.30. The number of carbonyl (C=O) groups excluding carboxylic acids is 2. The van der Waals surface area contributed by atoms with E-state index in [1.165, 1.54) is 0 Å². The van der Waals surface area contributed by atoms with Crippen LogP contribution >= 0.6 is 11.6 Å². The fraction of sp³-hybridized carbons (Fsp3) is 0.188. The molecule has 0 saturated heterocycles. The van der Waals surface area contributed by atoms with Crippen LogP contribution in [0.5, 0.6) is 5.75 Å². The number of ether oxygens (including phenoxy) is 1. The van der Waals surface area contributed by atoms with Gasteiger partial charge in [0.05, 0.1) is 7.11 Å². The van der Waals surface area contributed by atoms with Crippen molar-refractivity contribution in [2.24, 2.45) is 0 Å². The molecule has 0 fully saturated rings. The molecule has 0 spiro atoms. The van der Waals surface area contributed by atoms with E-state index < -0.39 is 6.04 Å². The Labute approximate surface area is 229 Å². The standard InChI is InChI=1S/C32H31ClN2O3/c1-38-29-15-9-8-14-27(29)22-34-32(37)31(26-12-6-3-7-13-26)35(23-25-16-19-28(33)20-17-25)30(36)21-18-24-10-4-2-5-11-24/h2-17,19-20,31H,18,21-23H2,1H3,(H,34,37). The van der Waals surface area contributed by atoms with Gasteiger partial charge in [0, 0.05) is 30.1 Å². The van der Waals surface area contributed by atoms with Crippen LogP contribution < -0.4 is 10.1 Å². The minimum absolute atomic E-state index is 0.106. The van der Waals surface area contributed by atoms with E-state index in [-0.39, 0.29) is 31.3 Å². The maximum absolute atomic E-state index is 13.8. The minimum Gasteiger partial charge on any atom is -0.496 e. The van der Waals surface area contributed by atoms with Gasteiger partial charge in [-0.1, -0.05) is 103 Å². The van der Waals surface area contributed by atoms with Crippen molar-refractivity contribution in [3.05, 3.63) is 136 Å². The van der Waals surface area contributed by atoms with Crippen LogP contribution in [0.2, 0.25) is 5.02 Å². The number of hydrogen-bond donors (Lipinski definition) is 1. The summed E-state index contributed by atoms with van der Waals surface area (Å²) in [6.07, 6.45) is 0.863. The Morgan fingerprint density at radius 1 is 0.816 bits per heavy atom. The lowest BCUT2D eigenvalue weighted by Crippen LogP contribution is -2.43. The number of methoxy groups -OCH3 is 1. The smallest absolute Gasteiger partial charge is 0.247 e. The zero-order chi connectivity index (χ0) is 26.7. The van der Waals surface area contributed by atoms with E-state index >= 15 is 0 Å². The number of para-hydroxylation sites is 1. The Balaban J connectivity index is 1.63. The summed E-state index contributed by atoms with van der Waals surface area (Å²) in [6, 6.07) is 33.4. The fourth-order valence-electron chi connectivity index (χ4n) is 4.39. The third-order valence-corrected chi connectivity index (χ3v) is 6.63. The number of amides is 2. The van der Waals surface area contributed by atoms with Crippen molar-refractivity contribution in [1.82, 2.24) is 10.2 Å². The predicted molar refractivity (Wildman–Crippen MR) is 151 cm³/mol. The van der Waals surface area contributed by atoms with Crippen LogP contribution in [0.3, 0.4) is 0 Å². The summed E-state index contributed by atoms with van der Waals surface area (Å²) >= 11 is 6.11. The second kappa shape index (κ2) is 13.5. The SMILES string of the molecule is COc1ccccc1CNC(=O)C(c1ccccc1)N(Cc1ccc(Cl)cc1)C(=O)CCc1ccccc1. The zero-order valence-corrected chi connectivity index (χ0v) is 22.1. The summed E-state index contributed by atoms with van der Waals surface area (Å²) in [5.74, 6) is 0.329. The molecule has 4 aromatic rings. The van der Waals surface area contributed by atoms with Gasteiger partial charge in [-0.3, -0.25) is 9.59 Å². The van der Waals surface area contributed by atoms with Gasteiger partial charge in [0.2, 0.25) is 11.8 Å². The van der Waals surface area contributed by atoms with Crippen molar-refractivity contribution >= 4 is 23.4 Å². The van der Waals surface area contributed by atoms with Crippen LogP contribution in [-0.4, -0.2) is 23.8 Å². The summed E-state index contributed by atoms with van der Waals surface area (Å²) < 4.78 is 5.44. The maximum Gasteiger partial charge on any atom is 0.247 e. The van der Waals surface area contributed by atoms with Crippen LogP contribution in [0, 0.1) is 0 Å². The van der Waals surface area contributed by atoms with Gasteiger partial charge in [-0.15, -0.1) is 0 Å². The number of aryl methyl sites for hydroxylation is 1. The highest BCUT2D eigenvalue weighted by Crippen LogP contribution is 2.26. The van der Waals surface area contributed by atoms with E-state index in [9.17, 15) is 9.59 Å². The third-order valence-electron chi connectivity index (χ3n) is 6.38. The second-order valence-electron chi connectivity index (χ2n) is 8.98. The Bertz CT molecular complexity index is 1330. The molecular weight excluding hydrogens is 496 g/mol. The van der Waals surface area contributed by atoms with Crippen molar-refractivity contribution in [1.29, 1.82) is 0 Å². The highest BCUT2D eigenvalue weighted by atomic mass is 35.5. The van der Waals surface area contributed by atoms with Crippen molar-refractivity contribution in [2.45, 2.75) is 32.0 Å². The average molecular weight is 527 g/mol. The van der Waals surface area contributed by atoms with Crippen molar-refractivity contribution in [2.75, 3.05) is 7.11 Å². The van der Waals surface area contributed by atoms with E-state index in [1.807, 2.05) is 97.1 Å². The molecule has 0 radical (unpaired) electrons. The first-order chi connectivity index (χ1) is 18.5. The molecule has 4 rings (SSSR count). The zero-order valence-electron chi connectivity index (χ0n) is 21.3. The highest BCUT2D eigenvalue weighted by Gasteiger charge is 2.31. The van der Waals surface area contributed by atoms with Crippen molar-refractivity contribution < 1.29 is 14.3 Å². The molecule has 4 aromatic carbocycles. The lowest BCUT2D eigenvalue weighted by Gasteiger charge is -2.32. The van der Waals surface area contributed by atoms with Gasteiger partial charge >= 0.3 is 0 Å². The molecule has 38 heavy (non-hydrogen) atoms. The molecule has 6 heteroatoms. The number of nitrogens with zero attached hydrogens (tertiary/aromatic N) is 1. The van der Waals surface area contributed by atoms with Gasteiger partial charge in [-0.05, 0) is 41.3 Å². The quantitative estimate of drug-likeness (QED) is 0.247. The first-order valence-corrected chi connectivity index (χ1v) is 13.0. The second-order valence-corrected chi connectivity index (χ2v) is 9.41. The molecule has 0 bridgehead atoms. The molecule has 0 aliphatic carbocycles. The molecule has 1 unspecified atom stereocenters. The normalized spacial score (nSPS) is 11.4. The Morgan fingerprint density at radius 3 is 2.13 bits per heavy atom. The molecule has 0 aromatic heterocycles. The molecule has 0 aliphatic rings. The number of halogens is 1. The third kappa shape index (κ3) is 7.24. The lowest BCUT2D eigenvalue weighted by atomic mass is 10.0. The molecule has 1 atom stereocenters. The van der Waals surface area contributed by atoms with E-state index in [1.54, 1.807) is 24.1 Å². The van der Waals surface area contributed by atoms with Gasteiger partial charge in [0.15, 0.2) is 0 Å². The summed E-state index contributed by atoms with van der Waals surface area (Å²) in [7, 11) is 1.60. The van der Waals surface area contributed by atoms with Gasteiger partial charge in [-0.25, -0.2) is 0 Å². The van der Waals surface area contributed by atoms with Crippen LogP contribution in [0.4, 0.5) is 0 Å².